The van der Waals surface area contributed by atoms with Crippen molar-refractivity contribution in [1.29, 1.82) is 0 Å². The van der Waals surface area contributed by atoms with Gasteiger partial charge in [-0.1, -0.05) is 20.4 Å². The first-order chi connectivity index (χ1) is 14.0. The van der Waals surface area contributed by atoms with E-state index in [2.05, 4.69) is 25.3 Å². The number of hydrogen-bond acceptors (Lipinski definition) is 6. The molecule has 0 bridgehead atoms. The highest BCUT2D eigenvalue weighted by atomic mass is 31.0. The van der Waals surface area contributed by atoms with Crippen molar-refractivity contribution in [1.82, 2.24) is 29.8 Å². The van der Waals surface area contributed by atoms with Crippen molar-refractivity contribution in [2.24, 2.45) is 0 Å². The Bertz CT molecular complexity index is 1170. The second-order valence-corrected chi connectivity index (χ2v) is 7.18. The number of H-pyrrole nitrogens is 1. The molecule has 3 atom stereocenters. The van der Waals surface area contributed by atoms with Crippen LogP contribution in [0.15, 0.2) is 35.0 Å². The summed E-state index contributed by atoms with van der Waals surface area (Å²) in [6.07, 6.45) is -0.475. The van der Waals surface area contributed by atoms with Crippen LogP contribution in [0.5, 0.6) is 0 Å². The fraction of sp³-hybridized carbons (Fsp3) is 0.294. The van der Waals surface area contributed by atoms with Gasteiger partial charge in [-0.15, -0.1) is 5.10 Å². The SMILES string of the molecule is FC(F)c1cccc2cc([C@@H]3c4nc[nH]c4CCN3c3nnc(C(F)P)o3)nn12. The highest BCUT2D eigenvalue weighted by Crippen LogP contribution is 2.37. The van der Waals surface area contributed by atoms with E-state index >= 15 is 0 Å². The highest BCUT2D eigenvalue weighted by molar-refractivity contribution is 7.16. The van der Waals surface area contributed by atoms with E-state index in [0.717, 1.165) is 5.69 Å². The molecule has 0 aromatic carbocycles. The molecule has 0 amide bonds. The molecule has 0 fully saturated rings. The zero-order valence-electron chi connectivity index (χ0n) is 14.8. The topological polar surface area (TPSA) is 88.1 Å². The smallest absolute Gasteiger partial charge is 0.319 e. The average Bonchev–Trinajstić information content (AvgIpc) is 3.44. The van der Waals surface area contributed by atoms with Gasteiger partial charge in [0.05, 0.1) is 23.2 Å². The summed E-state index contributed by atoms with van der Waals surface area (Å²) in [7, 11) is 1.95. The summed E-state index contributed by atoms with van der Waals surface area (Å²) < 4.78 is 47.0. The molecule has 2 unspecified atom stereocenters. The Kier molecular flexibility index (Phi) is 4.27. The van der Waals surface area contributed by atoms with E-state index in [1.54, 1.807) is 29.4 Å². The van der Waals surface area contributed by atoms with Crippen LogP contribution in [0.25, 0.3) is 5.52 Å². The molecule has 0 radical (unpaired) electrons. The van der Waals surface area contributed by atoms with Crippen LogP contribution in [0.2, 0.25) is 0 Å². The number of imidazole rings is 1. The molecular weight excluding hydrogens is 406 g/mol. The van der Waals surface area contributed by atoms with Crippen LogP contribution < -0.4 is 4.90 Å². The zero-order valence-corrected chi connectivity index (χ0v) is 16.0. The van der Waals surface area contributed by atoms with Gasteiger partial charge in [0.25, 0.3) is 12.3 Å². The molecule has 0 saturated heterocycles. The molecule has 5 heterocycles. The number of hydrogen-bond donors (Lipinski definition) is 1. The number of aromatic nitrogens is 6. The van der Waals surface area contributed by atoms with Gasteiger partial charge < -0.3 is 14.3 Å². The minimum absolute atomic E-state index is 0.120. The normalized spacial score (nSPS) is 17.8. The Morgan fingerprint density at radius 1 is 1.24 bits per heavy atom. The summed E-state index contributed by atoms with van der Waals surface area (Å²) in [5, 5.41) is 12.1. The van der Waals surface area contributed by atoms with Crippen LogP contribution in [-0.4, -0.2) is 36.3 Å². The highest BCUT2D eigenvalue weighted by Gasteiger charge is 2.36. The summed E-state index contributed by atoms with van der Waals surface area (Å²) in [5.74, 6) is -1.64. The molecule has 150 valence electrons. The molecule has 1 aliphatic heterocycles. The van der Waals surface area contributed by atoms with E-state index < -0.39 is 18.4 Å². The quantitative estimate of drug-likeness (QED) is 0.509. The van der Waals surface area contributed by atoms with Crippen molar-refractivity contribution >= 4 is 20.8 Å². The van der Waals surface area contributed by atoms with Gasteiger partial charge >= 0.3 is 6.01 Å². The van der Waals surface area contributed by atoms with E-state index in [0.29, 0.717) is 29.9 Å². The van der Waals surface area contributed by atoms with Crippen LogP contribution in [0, 0.1) is 0 Å². The number of nitrogens with one attached hydrogen (secondary N) is 1. The molecule has 0 aliphatic carbocycles. The second-order valence-electron chi connectivity index (χ2n) is 6.59. The van der Waals surface area contributed by atoms with Crippen molar-refractivity contribution in [2.45, 2.75) is 24.8 Å². The van der Waals surface area contributed by atoms with Gasteiger partial charge in [-0.3, -0.25) is 0 Å². The van der Waals surface area contributed by atoms with Crippen molar-refractivity contribution < 1.29 is 17.6 Å². The predicted molar refractivity (Wildman–Crippen MR) is 99.5 cm³/mol. The number of anilines is 1. The van der Waals surface area contributed by atoms with Crippen molar-refractivity contribution in [3.63, 3.8) is 0 Å². The average molecular weight is 421 g/mol. The first kappa shape index (κ1) is 18.1. The number of nitrogens with zero attached hydrogens (tertiary/aromatic N) is 6. The second kappa shape index (κ2) is 6.84. The van der Waals surface area contributed by atoms with Gasteiger partial charge in [0.2, 0.25) is 0 Å². The van der Waals surface area contributed by atoms with E-state index in [1.165, 1.54) is 10.6 Å². The van der Waals surface area contributed by atoms with Crippen LogP contribution in [-0.2, 0) is 6.42 Å². The van der Waals surface area contributed by atoms with Gasteiger partial charge in [-0.2, -0.15) is 5.10 Å². The maximum Gasteiger partial charge on any atom is 0.319 e. The van der Waals surface area contributed by atoms with Crippen molar-refractivity contribution in [3.8, 4) is 0 Å². The largest absolute Gasteiger partial charge is 0.404 e. The number of rotatable bonds is 4. The standard InChI is InChI=1S/C17H15F3N7OP/c18-14(19)11-3-1-2-8-6-10(25-27(8)11)13-12-9(21-7-22-12)4-5-26(13)17-24-23-16(28-17)15(20)29/h1-3,6-7,13-15H,4-5,29H2,(H,21,22)/t13-,15?/m1/s1. The fourth-order valence-corrected chi connectivity index (χ4v) is 3.73. The number of aromatic amines is 1. The molecular formula is C17H15F3N7OP. The maximum atomic E-state index is 13.5. The first-order valence-corrected chi connectivity index (χ1v) is 9.48. The lowest BCUT2D eigenvalue weighted by Gasteiger charge is -2.32. The minimum atomic E-state index is -2.67. The Balaban J connectivity index is 1.65. The lowest BCUT2D eigenvalue weighted by atomic mass is 10.0. The molecule has 5 rings (SSSR count). The van der Waals surface area contributed by atoms with Crippen molar-refractivity contribution in [3.05, 3.63) is 59.3 Å². The molecule has 1 aliphatic rings. The number of fused-ring (bicyclic) bond motifs is 2. The Morgan fingerprint density at radius 2 is 2.10 bits per heavy atom. The molecule has 12 heteroatoms. The van der Waals surface area contributed by atoms with Gasteiger partial charge in [-0.25, -0.2) is 22.7 Å². The third-order valence-electron chi connectivity index (χ3n) is 4.87. The van der Waals surface area contributed by atoms with E-state index in [1.807, 2.05) is 9.24 Å². The number of halogens is 3. The lowest BCUT2D eigenvalue weighted by Crippen LogP contribution is -2.37. The van der Waals surface area contributed by atoms with Crippen molar-refractivity contribution in [2.75, 3.05) is 11.4 Å². The monoisotopic (exact) mass is 421 g/mol. The lowest BCUT2D eigenvalue weighted by molar-refractivity contribution is 0.143. The summed E-state index contributed by atoms with van der Waals surface area (Å²) in [5.41, 5.74) is 2.41. The molecule has 4 aromatic heterocycles. The first-order valence-electron chi connectivity index (χ1n) is 8.81. The van der Waals surface area contributed by atoms with Gasteiger partial charge in [0, 0.05) is 18.7 Å². The Labute approximate surface area is 164 Å². The Hall–Kier alpha value is -2.94. The summed E-state index contributed by atoms with van der Waals surface area (Å²) in [4.78, 5) is 9.25. The maximum absolute atomic E-state index is 13.5. The number of alkyl halides is 3. The minimum Gasteiger partial charge on any atom is -0.404 e. The van der Waals surface area contributed by atoms with Gasteiger partial charge in [0.15, 0.2) is 5.91 Å². The summed E-state index contributed by atoms with van der Waals surface area (Å²) in [6.45, 7) is 0.477. The third kappa shape index (κ3) is 2.96. The van der Waals surface area contributed by atoms with Gasteiger partial charge in [-0.05, 0) is 18.2 Å². The van der Waals surface area contributed by atoms with E-state index in [4.69, 9.17) is 4.42 Å². The molecule has 8 nitrogen and oxygen atoms in total. The number of pyridine rings is 1. The van der Waals surface area contributed by atoms with Crippen LogP contribution >= 0.6 is 9.24 Å². The third-order valence-corrected chi connectivity index (χ3v) is 5.16. The molecule has 4 aromatic rings. The van der Waals surface area contributed by atoms with Crippen LogP contribution in [0.1, 0.15) is 47.0 Å². The van der Waals surface area contributed by atoms with E-state index in [9.17, 15) is 13.2 Å². The predicted octanol–water partition coefficient (Wildman–Crippen LogP) is 3.37. The fourth-order valence-electron chi connectivity index (χ4n) is 3.59. The van der Waals surface area contributed by atoms with Crippen LogP contribution in [0.4, 0.5) is 19.2 Å². The molecule has 29 heavy (non-hydrogen) atoms. The molecule has 0 saturated carbocycles. The summed E-state index contributed by atoms with van der Waals surface area (Å²) >= 11 is 0. The molecule has 1 N–H and O–H groups in total. The molecule has 0 spiro atoms. The van der Waals surface area contributed by atoms with Gasteiger partial charge in [0.1, 0.15) is 11.7 Å². The zero-order chi connectivity index (χ0) is 20.1. The Morgan fingerprint density at radius 3 is 2.86 bits per heavy atom. The van der Waals surface area contributed by atoms with Crippen LogP contribution in [0.3, 0.4) is 0 Å². The summed E-state index contributed by atoms with van der Waals surface area (Å²) in [6, 6.07) is 5.89. The van der Waals surface area contributed by atoms with E-state index in [-0.39, 0.29) is 17.6 Å².